The van der Waals surface area contributed by atoms with Gasteiger partial charge in [-0.1, -0.05) is 24.3 Å². The van der Waals surface area contributed by atoms with Crippen molar-refractivity contribution < 1.29 is 9.47 Å². The number of hydrogen-bond donors (Lipinski definition) is 2. The lowest BCUT2D eigenvalue weighted by Crippen LogP contribution is -2.52. The van der Waals surface area contributed by atoms with E-state index >= 15 is 0 Å². The summed E-state index contributed by atoms with van der Waals surface area (Å²) in [5, 5.41) is 1.51. The highest BCUT2D eigenvalue weighted by Gasteiger charge is 2.68. The Morgan fingerprint density at radius 2 is 1.94 bits per heavy atom. The van der Waals surface area contributed by atoms with Crippen LogP contribution in [0.25, 0.3) is 21.3 Å². The van der Waals surface area contributed by atoms with Gasteiger partial charge in [-0.2, -0.15) is 0 Å². The average Bonchev–Trinajstić information content (AvgIpc) is 3.49. The highest BCUT2D eigenvalue weighted by molar-refractivity contribution is 7.22. The molecule has 4 heterocycles. The molecule has 0 unspecified atom stereocenters. The molecule has 3 aromatic heterocycles. The first-order valence-electron chi connectivity index (χ1n) is 12.2. The summed E-state index contributed by atoms with van der Waals surface area (Å²) in [6.07, 6.45) is 7.89. The topological polar surface area (TPSA) is 114 Å². The Morgan fingerprint density at radius 1 is 1.11 bits per heavy atom. The Bertz CT molecular complexity index is 1470. The number of ether oxygens (including phenoxy) is 2. The molecule has 8 nitrogen and oxygen atoms in total. The number of fused-ring (bicyclic) bond motifs is 4. The number of anilines is 2. The molecule has 2 aliphatic carbocycles. The van der Waals surface area contributed by atoms with Gasteiger partial charge in [0.15, 0.2) is 10.9 Å². The lowest BCUT2D eigenvalue weighted by Gasteiger charge is -2.56. The van der Waals surface area contributed by atoms with E-state index in [2.05, 4.69) is 50.8 Å². The van der Waals surface area contributed by atoms with E-state index in [4.69, 9.17) is 20.9 Å². The predicted octanol–water partition coefficient (Wildman–Crippen LogP) is 4.70. The van der Waals surface area contributed by atoms with E-state index in [1.165, 1.54) is 5.56 Å². The van der Waals surface area contributed by atoms with Crippen molar-refractivity contribution in [2.24, 2.45) is 10.8 Å². The summed E-state index contributed by atoms with van der Waals surface area (Å²) < 4.78 is 16.5. The summed E-state index contributed by atoms with van der Waals surface area (Å²) in [5.74, 6) is -0.0866. The quantitative estimate of drug-likeness (QED) is 0.428. The molecule has 0 radical (unpaired) electrons. The fourth-order valence-electron chi connectivity index (χ4n) is 7.42. The molecule has 1 aliphatic heterocycles. The predicted molar refractivity (Wildman–Crippen MR) is 137 cm³/mol. The van der Waals surface area contributed by atoms with Gasteiger partial charge in [-0.25, -0.2) is 15.0 Å². The molecule has 4 aromatic rings. The van der Waals surface area contributed by atoms with E-state index < -0.39 is 5.79 Å². The van der Waals surface area contributed by atoms with Crippen LogP contribution in [0.2, 0.25) is 0 Å². The number of thiazole rings is 1. The Morgan fingerprint density at radius 3 is 2.77 bits per heavy atom. The van der Waals surface area contributed by atoms with Gasteiger partial charge in [-0.15, -0.1) is 0 Å². The monoisotopic (exact) mass is 490 g/mol. The van der Waals surface area contributed by atoms with Gasteiger partial charge in [-0.05, 0) is 68.7 Å². The second-order valence-electron chi connectivity index (χ2n) is 11.6. The molecule has 3 atom stereocenters. The van der Waals surface area contributed by atoms with Crippen LogP contribution in [0.15, 0.2) is 36.8 Å². The van der Waals surface area contributed by atoms with Crippen molar-refractivity contribution in [3.05, 3.63) is 42.4 Å². The summed E-state index contributed by atoms with van der Waals surface area (Å²) in [6, 6.07) is 8.74. The van der Waals surface area contributed by atoms with Gasteiger partial charge >= 0.3 is 0 Å². The highest BCUT2D eigenvalue weighted by Crippen LogP contribution is 2.68. The van der Waals surface area contributed by atoms with E-state index in [1.54, 1.807) is 17.7 Å². The van der Waals surface area contributed by atoms with E-state index in [-0.39, 0.29) is 29.1 Å². The fourth-order valence-corrected chi connectivity index (χ4v) is 8.13. The van der Waals surface area contributed by atoms with Crippen molar-refractivity contribution in [2.75, 3.05) is 11.5 Å². The molecule has 1 aromatic carbocycles. The van der Waals surface area contributed by atoms with Crippen molar-refractivity contribution in [1.29, 1.82) is 0 Å². The normalized spacial score (nSPS) is 33.5. The molecule has 35 heavy (non-hydrogen) atoms. The van der Waals surface area contributed by atoms with Crippen molar-refractivity contribution in [3.63, 3.8) is 0 Å². The zero-order valence-corrected chi connectivity index (χ0v) is 21.0. The first-order chi connectivity index (χ1) is 16.6. The standard InChI is InChI=1S/C26H30N6O2S/c1-24(2)33-19-17(32-7-6-15-21(27)29-13-30-22(15)32)10-26(20(19)34-24)11-25(3,12-26)9-14-4-5-18-16(8-14)31-23(28)35-18/h4-8,13,17,19-20H,9-12H2,1-3H3,(H2,28,31)(H2,27,29,30)/t17-,19+,20+,25?,26?/m1/s1. The van der Waals surface area contributed by atoms with Crippen LogP contribution in [0.4, 0.5) is 10.9 Å². The second-order valence-corrected chi connectivity index (χ2v) is 12.6. The number of nitrogen functional groups attached to an aromatic ring is 2. The van der Waals surface area contributed by atoms with E-state index in [0.717, 1.165) is 46.9 Å². The molecule has 9 heteroatoms. The number of hydrogen-bond acceptors (Lipinski definition) is 8. The maximum absolute atomic E-state index is 6.58. The Labute approximate surface area is 207 Å². The zero-order valence-electron chi connectivity index (χ0n) is 20.2. The van der Waals surface area contributed by atoms with Crippen molar-refractivity contribution in [3.8, 4) is 0 Å². The van der Waals surface area contributed by atoms with Crippen LogP contribution in [0, 0.1) is 10.8 Å². The summed E-state index contributed by atoms with van der Waals surface area (Å²) >= 11 is 1.54. The molecular weight excluding hydrogens is 460 g/mol. The summed E-state index contributed by atoms with van der Waals surface area (Å²) in [4.78, 5) is 13.2. The number of rotatable bonds is 3. The molecule has 2 saturated carbocycles. The molecule has 7 rings (SSSR count). The molecule has 4 N–H and O–H groups in total. The number of nitrogens with zero attached hydrogens (tertiary/aromatic N) is 4. The Balaban J connectivity index is 1.19. The van der Waals surface area contributed by atoms with Crippen LogP contribution >= 0.6 is 11.3 Å². The van der Waals surface area contributed by atoms with Gasteiger partial charge in [0.2, 0.25) is 0 Å². The number of nitrogens with two attached hydrogens (primary N) is 2. The Kier molecular flexibility index (Phi) is 4.26. The minimum absolute atomic E-state index is 0.0179. The van der Waals surface area contributed by atoms with Crippen LogP contribution in [-0.2, 0) is 15.9 Å². The lowest BCUT2D eigenvalue weighted by atomic mass is 9.50. The Hall–Kier alpha value is -2.75. The van der Waals surface area contributed by atoms with Crippen LogP contribution in [-0.4, -0.2) is 37.5 Å². The summed E-state index contributed by atoms with van der Waals surface area (Å²) in [5.41, 5.74) is 15.5. The number of aromatic nitrogens is 4. The molecule has 0 bridgehead atoms. The summed E-state index contributed by atoms with van der Waals surface area (Å²) in [6.45, 7) is 6.45. The van der Waals surface area contributed by atoms with Gasteiger partial charge < -0.3 is 25.5 Å². The zero-order chi connectivity index (χ0) is 24.2. The van der Waals surface area contributed by atoms with Crippen LogP contribution in [0.1, 0.15) is 51.6 Å². The lowest BCUT2D eigenvalue weighted by molar-refractivity contribution is -0.191. The third-order valence-electron chi connectivity index (χ3n) is 8.28. The maximum atomic E-state index is 6.58. The first-order valence-corrected chi connectivity index (χ1v) is 13.0. The number of benzene rings is 1. The molecule has 3 fully saturated rings. The van der Waals surface area contributed by atoms with Gasteiger partial charge in [0.1, 0.15) is 23.9 Å². The maximum Gasteiger partial charge on any atom is 0.181 e. The molecule has 182 valence electrons. The van der Waals surface area contributed by atoms with Gasteiger partial charge in [-0.3, -0.25) is 0 Å². The van der Waals surface area contributed by atoms with Gasteiger partial charge in [0, 0.05) is 11.6 Å². The molecular formula is C26H30N6O2S. The first kappa shape index (κ1) is 21.5. The van der Waals surface area contributed by atoms with E-state index in [9.17, 15) is 0 Å². The van der Waals surface area contributed by atoms with E-state index in [1.807, 2.05) is 19.9 Å². The molecule has 1 saturated heterocycles. The van der Waals surface area contributed by atoms with E-state index in [0.29, 0.717) is 10.9 Å². The molecule has 3 aliphatic rings. The molecule has 0 amide bonds. The largest absolute Gasteiger partial charge is 0.383 e. The fraction of sp³-hybridized carbons (Fsp3) is 0.500. The third-order valence-corrected chi connectivity index (χ3v) is 9.15. The van der Waals surface area contributed by atoms with Gasteiger partial charge in [0.05, 0.1) is 27.7 Å². The molecule has 1 spiro atoms. The summed E-state index contributed by atoms with van der Waals surface area (Å²) in [7, 11) is 0. The van der Waals surface area contributed by atoms with Crippen molar-refractivity contribution >= 4 is 43.5 Å². The van der Waals surface area contributed by atoms with Gasteiger partial charge in [0.25, 0.3) is 0 Å². The van der Waals surface area contributed by atoms with Crippen LogP contribution in [0.3, 0.4) is 0 Å². The van der Waals surface area contributed by atoms with Crippen molar-refractivity contribution in [2.45, 2.75) is 70.5 Å². The second kappa shape index (κ2) is 6.93. The smallest absolute Gasteiger partial charge is 0.181 e. The average molecular weight is 491 g/mol. The highest BCUT2D eigenvalue weighted by atomic mass is 32.1. The minimum atomic E-state index is -0.598. The van der Waals surface area contributed by atoms with Crippen LogP contribution < -0.4 is 11.5 Å². The van der Waals surface area contributed by atoms with Crippen molar-refractivity contribution in [1.82, 2.24) is 19.5 Å². The third kappa shape index (κ3) is 3.21. The SMILES string of the molecule is CC1(Cc2ccc3sc(N)nc3c2)CC2(C[C@@H](n3ccc4c(N)ncnc43)[C@@H]3OC(C)(C)O[C@@H]32)C1. The van der Waals surface area contributed by atoms with Crippen LogP contribution in [0.5, 0.6) is 0 Å². The minimum Gasteiger partial charge on any atom is -0.383 e.